The van der Waals surface area contributed by atoms with Crippen molar-refractivity contribution in [3.8, 4) is 11.5 Å². The number of carbonyl (C=O) groups is 1. The lowest BCUT2D eigenvalue weighted by Gasteiger charge is -2.04. The number of carbonyl (C=O) groups excluding carboxylic acids is 1. The number of phenols is 1. The molecule has 0 bridgehead atoms. The third kappa shape index (κ3) is 6.04. The first-order chi connectivity index (χ1) is 16.1. The summed E-state index contributed by atoms with van der Waals surface area (Å²) in [5.41, 5.74) is 4.14. The van der Waals surface area contributed by atoms with Gasteiger partial charge in [-0.2, -0.15) is 5.10 Å². The number of phenolic OH excluding ortho intramolecular Hbond substituents is 1. The van der Waals surface area contributed by atoms with Gasteiger partial charge >= 0.3 is 0 Å². The lowest BCUT2D eigenvalue weighted by Crippen LogP contribution is -2.19. The van der Waals surface area contributed by atoms with Gasteiger partial charge in [-0.25, -0.2) is 5.43 Å². The number of methoxy groups -OCH3 is 1. The molecule has 4 aromatic rings. The quantitative estimate of drug-likeness (QED) is 0.192. The van der Waals surface area contributed by atoms with Crippen molar-refractivity contribution >= 4 is 57.8 Å². The van der Waals surface area contributed by atoms with E-state index < -0.39 is 0 Å². The number of fused-ring (bicyclic) bond motifs is 1. The molecule has 33 heavy (non-hydrogen) atoms. The van der Waals surface area contributed by atoms with Gasteiger partial charge in [-0.1, -0.05) is 83.4 Å². The van der Waals surface area contributed by atoms with E-state index in [0.29, 0.717) is 11.3 Å². The number of nitrogens with zero attached hydrogens (tertiary/aromatic N) is 3. The highest BCUT2D eigenvalue weighted by molar-refractivity contribution is 8.03. The summed E-state index contributed by atoms with van der Waals surface area (Å²) in [6.07, 6.45) is 1.37. The lowest BCUT2D eigenvalue weighted by atomic mass is 10.1. The van der Waals surface area contributed by atoms with Gasteiger partial charge in [-0.05, 0) is 28.5 Å². The minimum absolute atomic E-state index is 0.0326. The number of nitrogens with one attached hydrogen (secondary N) is 1. The number of para-hydroxylation sites is 1. The van der Waals surface area contributed by atoms with Crippen molar-refractivity contribution in [2.24, 2.45) is 5.10 Å². The van der Waals surface area contributed by atoms with Gasteiger partial charge in [-0.15, -0.1) is 10.2 Å². The molecule has 0 radical (unpaired) electrons. The predicted molar refractivity (Wildman–Crippen MR) is 135 cm³/mol. The number of thioether (sulfide) groups is 2. The number of amides is 1. The Kier molecular flexibility index (Phi) is 7.82. The molecule has 7 nitrogen and oxygen atoms in total. The van der Waals surface area contributed by atoms with Gasteiger partial charge in [-0.3, -0.25) is 4.79 Å². The van der Waals surface area contributed by atoms with Crippen LogP contribution in [0.2, 0.25) is 0 Å². The van der Waals surface area contributed by atoms with Gasteiger partial charge in [0.15, 0.2) is 20.2 Å². The van der Waals surface area contributed by atoms with Crippen molar-refractivity contribution in [3.63, 3.8) is 0 Å². The number of rotatable bonds is 9. The Hall–Kier alpha value is -3.08. The van der Waals surface area contributed by atoms with Gasteiger partial charge in [0.25, 0.3) is 5.91 Å². The molecule has 2 N–H and O–H groups in total. The molecule has 0 aliphatic rings. The van der Waals surface area contributed by atoms with E-state index in [9.17, 15) is 9.90 Å². The van der Waals surface area contributed by atoms with E-state index in [1.165, 1.54) is 52.8 Å². The number of ether oxygens (including phenoxy) is 1. The Balaban J connectivity index is 1.26. The molecule has 1 heterocycles. The number of benzene rings is 3. The Labute approximate surface area is 203 Å². The van der Waals surface area contributed by atoms with Crippen LogP contribution in [0.15, 0.2) is 74.4 Å². The number of aromatic nitrogens is 2. The summed E-state index contributed by atoms with van der Waals surface area (Å²) < 4.78 is 6.63. The number of hydrazone groups is 1. The van der Waals surface area contributed by atoms with E-state index in [0.717, 1.165) is 14.4 Å². The van der Waals surface area contributed by atoms with Crippen molar-refractivity contribution in [3.05, 3.63) is 71.8 Å². The summed E-state index contributed by atoms with van der Waals surface area (Å²) in [5, 5.41) is 24.8. The third-order valence-corrected chi connectivity index (χ3v) is 7.83. The molecule has 10 heteroatoms. The molecular weight excluding hydrogens is 476 g/mol. The monoisotopic (exact) mass is 496 g/mol. The van der Waals surface area contributed by atoms with E-state index in [1.54, 1.807) is 30.0 Å². The van der Waals surface area contributed by atoms with Crippen molar-refractivity contribution in [2.45, 2.75) is 14.4 Å². The molecule has 1 amide bonds. The first kappa shape index (κ1) is 23.1. The molecule has 0 spiro atoms. The molecular formula is C23H20N4O3S3. The summed E-state index contributed by atoms with van der Waals surface area (Å²) in [6.45, 7) is 0. The first-order valence-electron chi connectivity index (χ1n) is 9.87. The zero-order valence-electron chi connectivity index (χ0n) is 17.6. The molecule has 3 aromatic carbocycles. The van der Waals surface area contributed by atoms with Gasteiger partial charge in [0, 0.05) is 11.3 Å². The van der Waals surface area contributed by atoms with Gasteiger partial charge < -0.3 is 9.84 Å². The number of hydrogen-bond donors (Lipinski definition) is 2. The molecule has 0 unspecified atom stereocenters. The zero-order chi connectivity index (χ0) is 23.0. The summed E-state index contributed by atoms with van der Waals surface area (Å²) in [4.78, 5) is 12.1. The van der Waals surface area contributed by atoms with Crippen LogP contribution < -0.4 is 10.2 Å². The van der Waals surface area contributed by atoms with Crippen molar-refractivity contribution in [1.29, 1.82) is 0 Å². The van der Waals surface area contributed by atoms with Crippen molar-refractivity contribution < 1.29 is 14.6 Å². The largest absolute Gasteiger partial charge is 0.504 e. The fraction of sp³-hybridized carbons (Fsp3) is 0.130. The first-order valence-corrected chi connectivity index (χ1v) is 12.7. The minimum atomic E-state index is -0.279. The van der Waals surface area contributed by atoms with Crippen LogP contribution in [0.25, 0.3) is 10.8 Å². The minimum Gasteiger partial charge on any atom is -0.504 e. The average Bonchev–Trinajstić information content (AvgIpc) is 3.30. The van der Waals surface area contributed by atoms with Crippen LogP contribution >= 0.6 is 34.9 Å². The van der Waals surface area contributed by atoms with Crippen LogP contribution in [0.4, 0.5) is 0 Å². The SMILES string of the molecule is COc1cccc(/C=N\NC(=O)CSc2nnc(SCc3cccc4ccccc34)s2)c1O. The van der Waals surface area contributed by atoms with Crippen LogP contribution in [0.1, 0.15) is 11.1 Å². The molecule has 0 atom stereocenters. The molecule has 168 valence electrons. The van der Waals surface area contributed by atoms with Crippen LogP contribution in [-0.2, 0) is 10.5 Å². The second kappa shape index (κ2) is 11.2. The Morgan fingerprint density at radius 3 is 2.70 bits per heavy atom. The maximum Gasteiger partial charge on any atom is 0.250 e. The smallest absolute Gasteiger partial charge is 0.250 e. The molecule has 4 rings (SSSR count). The maximum absolute atomic E-state index is 12.1. The molecule has 1 aromatic heterocycles. The van der Waals surface area contributed by atoms with E-state index in [2.05, 4.69) is 51.1 Å². The molecule has 0 saturated carbocycles. The second-order valence-corrected chi connectivity index (χ2v) is 10.2. The van der Waals surface area contributed by atoms with Gasteiger partial charge in [0.1, 0.15) is 0 Å². The predicted octanol–water partition coefficient (Wildman–Crippen LogP) is 4.94. The van der Waals surface area contributed by atoms with E-state index in [1.807, 2.05) is 12.1 Å². The molecule has 0 fully saturated rings. The second-order valence-electron chi connectivity index (χ2n) is 6.74. The van der Waals surface area contributed by atoms with E-state index in [-0.39, 0.29) is 17.4 Å². The van der Waals surface area contributed by atoms with Crippen LogP contribution in [0.5, 0.6) is 11.5 Å². The Bertz CT molecular complexity index is 1290. The summed E-state index contributed by atoms with van der Waals surface area (Å²) in [7, 11) is 1.47. The highest BCUT2D eigenvalue weighted by Crippen LogP contribution is 2.32. The topological polar surface area (TPSA) is 96.7 Å². The maximum atomic E-state index is 12.1. The fourth-order valence-electron chi connectivity index (χ4n) is 3.01. The Morgan fingerprint density at radius 1 is 1.09 bits per heavy atom. The molecule has 0 saturated heterocycles. The van der Waals surface area contributed by atoms with E-state index in [4.69, 9.17) is 4.74 Å². The van der Waals surface area contributed by atoms with Gasteiger partial charge in [0.05, 0.1) is 19.1 Å². The summed E-state index contributed by atoms with van der Waals surface area (Å²) in [5.74, 6) is 0.983. The normalized spacial score (nSPS) is 11.2. The highest BCUT2D eigenvalue weighted by atomic mass is 32.2. The zero-order valence-corrected chi connectivity index (χ0v) is 20.0. The highest BCUT2D eigenvalue weighted by Gasteiger charge is 2.10. The average molecular weight is 497 g/mol. The summed E-state index contributed by atoms with van der Waals surface area (Å²) in [6, 6.07) is 19.7. The van der Waals surface area contributed by atoms with Crippen molar-refractivity contribution in [2.75, 3.05) is 12.9 Å². The Morgan fingerprint density at radius 2 is 1.85 bits per heavy atom. The molecule has 0 aliphatic carbocycles. The van der Waals surface area contributed by atoms with Crippen LogP contribution in [0.3, 0.4) is 0 Å². The van der Waals surface area contributed by atoms with E-state index >= 15 is 0 Å². The standard InChI is InChI=1S/C23H20N4O3S3/c1-30-19-11-5-8-16(21(19)29)12-24-25-20(28)14-32-23-27-26-22(33-23)31-13-17-9-4-7-15-6-2-3-10-18(15)17/h2-12,29H,13-14H2,1H3,(H,25,28)/b24-12-. The lowest BCUT2D eigenvalue weighted by molar-refractivity contribution is -0.118. The molecule has 0 aliphatic heterocycles. The summed E-state index contributed by atoms with van der Waals surface area (Å²) >= 11 is 4.40. The van der Waals surface area contributed by atoms with Gasteiger partial charge in [0.2, 0.25) is 0 Å². The van der Waals surface area contributed by atoms with Crippen LogP contribution in [0, 0.1) is 0 Å². The fourth-order valence-corrected chi connectivity index (χ4v) is 5.83. The number of aromatic hydroxyl groups is 1. The number of hydrogen-bond acceptors (Lipinski definition) is 9. The van der Waals surface area contributed by atoms with Crippen molar-refractivity contribution in [1.82, 2.24) is 15.6 Å². The third-order valence-electron chi connectivity index (χ3n) is 4.59. The van der Waals surface area contributed by atoms with Crippen LogP contribution in [-0.4, -0.2) is 40.3 Å².